The van der Waals surface area contributed by atoms with Gasteiger partial charge in [-0.2, -0.15) is 13.2 Å². The molecule has 1 atom stereocenters. The van der Waals surface area contributed by atoms with E-state index in [1.54, 1.807) is 11.9 Å². The van der Waals surface area contributed by atoms with E-state index in [9.17, 15) is 13.2 Å². The van der Waals surface area contributed by atoms with Gasteiger partial charge < -0.3 is 4.90 Å². The van der Waals surface area contributed by atoms with Crippen molar-refractivity contribution in [1.82, 2.24) is 4.90 Å². The summed E-state index contributed by atoms with van der Waals surface area (Å²) in [7, 11) is 1.73. The smallest absolute Gasteiger partial charge is 0.306 e. The molecule has 0 saturated carbocycles. The number of nitrogens with zero attached hydrogens (tertiary/aromatic N) is 1. The Labute approximate surface area is 64.2 Å². The quantitative estimate of drug-likeness (QED) is 0.532. The van der Waals surface area contributed by atoms with Gasteiger partial charge in [-0.3, -0.25) is 0 Å². The molecule has 4 heteroatoms. The van der Waals surface area contributed by atoms with E-state index in [4.69, 9.17) is 0 Å². The Morgan fingerprint density at radius 2 is 2.00 bits per heavy atom. The largest absolute Gasteiger partial charge is 0.393 e. The molecule has 0 aromatic heterocycles. The second-order valence-corrected chi connectivity index (χ2v) is 3.14. The van der Waals surface area contributed by atoms with E-state index >= 15 is 0 Å². The van der Waals surface area contributed by atoms with Crippen molar-refractivity contribution < 1.29 is 13.2 Å². The molecular weight excluding hydrogens is 155 g/mol. The summed E-state index contributed by atoms with van der Waals surface area (Å²) in [5, 5.41) is 0. The molecule has 0 bridgehead atoms. The molecule has 0 aromatic rings. The Bertz CT molecular complexity index is 132. The van der Waals surface area contributed by atoms with E-state index in [-0.39, 0.29) is 6.54 Å². The average Bonchev–Trinajstić information content (AvgIpc) is 1.86. The third kappa shape index (κ3) is 2.36. The number of halogens is 3. The van der Waals surface area contributed by atoms with Gasteiger partial charge in [0.05, 0.1) is 5.92 Å². The van der Waals surface area contributed by atoms with Crippen molar-refractivity contribution >= 4 is 0 Å². The second-order valence-electron chi connectivity index (χ2n) is 3.14. The Hall–Kier alpha value is -0.250. The van der Waals surface area contributed by atoms with Crippen molar-refractivity contribution in [3.63, 3.8) is 0 Å². The van der Waals surface area contributed by atoms with Crippen molar-refractivity contribution in [3.8, 4) is 0 Å². The Balaban J connectivity index is 2.46. The maximum absolute atomic E-state index is 12.1. The molecule has 11 heavy (non-hydrogen) atoms. The number of piperidine rings is 1. The first kappa shape index (κ1) is 8.84. The van der Waals surface area contributed by atoms with Crippen LogP contribution >= 0.6 is 0 Å². The molecule has 1 rings (SSSR count). The number of hydrogen-bond acceptors (Lipinski definition) is 1. The number of likely N-dealkylation sites (tertiary alicyclic amines) is 1. The van der Waals surface area contributed by atoms with Gasteiger partial charge in [0.15, 0.2) is 0 Å². The van der Waals surface area contributed by atoms with E-state index in [1.165, 1.54) is 0 Å². The molecular formula is C7H12F3N. The van der Waals surface area contributed by atoms with Crippen LogP contribution < -0.4 is 0 Å². The zero-order chi connectivity index (χ0) is 8.48. The van der Waals surface area contributed by atoms with Crippen LogP contribution in [0.4, 0.5) is 13.2 Å². The molecule has 1 heterocycles. The Morgan fingerprint density at radius 3 is 2.36 bits per heavy atom. The van der Waals surface area contributed by atoms with Crippen LogP contribution in [0, 0.1) is 5.92 Å². The van der Waals surface area contributed by atoms with Gasteiger partial charge in [0.25, 0.3) is 0 Å². The SMILES string of the molecule is CN1CCCC(C(F)(F)F)C1. The maximum atomic E-state index is 12.1. The fourth-order valence-electron chi connectivity index (χ4n) is 1.43. The van der Waals surface area contributed by atoms with Crippen molar-refractivity contribution in [2.75, 3.05) is 20.1 Å². The molecule has 1 aliphatic rings. The van der Waals surface area contributed by atoms with Crippen molar-refractivity contribution in [1.29, 1.82) is 0 Å². The summed E-state index contributed by atoms with van der Waals surface area (Å²) >= 11 is 0. The van der Waals surface area contributed by atoms with E-state index in [1.807, 2.05) is 0 Å². The van der Waals surface area contributed by atoms with E-state index in [0.717, 1.165) is 6.54 Å². The fourth-order valence-corrected chi connectivity index (χ4v) is 1.43. The predicted octanol–water partition coefficient (Wildman–Crippen LogP) is 1.89. The lowest BCUT2D eigenvalue weighted by atomic mass is 9.98. The minimum absolute atomic E-state index is 0.170. The fraction of sp³-hybridized carbons (Fsp3) is 1.00. The van der Waals surface area contributed by atoms with Crippen LogP contribution in [0.3, 0.4) is 0 Å². The van der Waals surface area contributed by atoms with Crippen LogP contribution in [0.2, 0.25) is 0 Å². The summed E-state index contributed by atoms with van der Waals surface area (Å²) in [4.78, 5) is 1.74. The molecule has 0 amide bonds. The molecule has 0 aromatic carbocycles. The van der Waals surface area contributed by atoms with E-state index in [2.05, 4.69) is 0 Å². The molecule has 1 saturated heterocycles. The molecule has 0 spiro atoms. The first-order chi connectivity index (χ1) is 5.00. The highest BCUT2D eigenvalue weighted by Gasteiger charge is 2.40. The zero-order valence-corrected chi connectivity index (χ0v) is 6.49. The normalized spacial score (nSPS) is 28.9. The topological polar surface area (TPSA) is 3.24 Å². The summed E-state index contributed by atoms with van der Waals surface area (Å²) in [5.74, 6) is -1.10. The van der Waals surface area contributed by atoms with Crippen molar-refractivity contribution in [2.45, 2.75) is 19.0 Å². The third-order valence-electron chi connectivity index (χ3n) is 2.09. The standard InChI is InChI=1S/C7H12F3N/c1-11-4-2-3-6(5-11)7(8,9)10/h6H,2-5H2,1H3. The van der Waals surface area contributed by atoms with Crippen LogP contribution in [-0.2, 0) is 0 Å². The minimum Gasteiger partial charge on any atom is -0.306 e. The molecule has 66 valence electrons. The minimum atomic E-state index is -3.99. The average molecular weight is 167 g/mol. The van der Waals surface area contributed by atoms with Gasteiger partial charge in [0, 0.05) is 6.54 Å². The number of rotatable bonds is 0. The predicted molar refractivity (Wildman–Crippen MR) is 36.3 cm³/mol. The van der Waals surface area contributed by atoms with Crippen LogP contribution in [0.1, 0.15) is 12.8 Å². The van der Waals surface area contributed by atoms with E-state index < -0.39 is 12.1 Å². The summed E-state index contributed by atoms with van der Waals surface area (Å²) < 4.78 is 36.3. The van der Waals surface area contributed by atoms with Crippen molar-refractivity contribution in [2.24, 2.45) is 5.92 Å². The van der Waals surface area contributed by atoms with Gasteiger partial charge in [0.1, 0.15) is 0 Å². The van der Waals surface area contributed by atoms with Gasteiger partial charge in [-0.1, -0.05) is 0 Å². The number of alkyl halides is 3. The summed E-state index contributed by atoms with van der Waals surface area (Å²) in [6, 6.07) is 0. The van der Waals surface area contributed by atoms with Crippen molar-refractivity contribution in [3.05, 3.63) is 0 Å². The highest BCUT2D eigenvalue weighted by Crippen LogP contribution is 2.32. The van der Waals surface area contributed by atoms with Crippen LogP contribution in [0.25, 0.3) is 0 Å². The Morgan fingerprint density at radius 1 is 1.36 bits per heavy atom. The second kappa shape index (κ2) is 3.01. The molecule has 0 aliphatic carbocycles. The zero-order valence-electron chi connectivity index (χ0n) is 6.49. The Kier molecular flexibility index (Phi) is 2.42. The lowest BCUT2D eigenvalue weighted by molar-refractivity contribution is -0.185. The lowest BCUT2D eigenvalue weighted by Crippen LogP contribution is -2.39. The highest BCUT2D eigenvalue weighted by molar-refractivity contribution is 4.75. The van der Waals surface area contributed by atoms with Crippen LogP contribution in [-0.4, -0.2) is 31.2 Å². The number of hydrogen-bond donors (Lipinski definition) is 0. The van der Waals surface area contributed by atoms with Crippen LogP contribution in [0.5, 0.6) is 0 Å². The first-order valence-electron chi connectivity index (χ1n) is 3.75. The molecule has 1 nitrogen and oxygen atoms in total. The molecule has 1 aliphatic heterocycles. The third-order valence-corrected chi connectivity index (χ3v) is 2.09. The highest BCUT2D eigenvalue weighted by atomic mass is 19.4. The van der Waals surface area contributed by atoms with Gasteiger partial charge in [-0.15, -0.1) is 0 Å². The maximum Gasteiger partial charge on any atom is 0.393 e. The van der Waals surface area contributed by atoms with Gasteiger partial charge >= 0.3 is 6.18 Å². The summed E-state index contributed by atoms with van der Waals surface area (Å²) in [5.41, 5.74) is 0. The lowest BCUT2D eigenvalue weighted by Gasteiger charge is -2.30. The van der Waals surface area contributed by atoms with Gasteiger partial charge in [0.2, 0.25) is 0 Å². The summed E-state index contributed by atoms with van der Waals surface area (Å²) in [6.45, 7) is 0.968. The molecule has 1 fully saturated rings. The molecule has 0 N–H and O–H groups in total. The monoisotopic (exact) mass is 167 g/mol. The van der Waals surface area contributed by atoms with Gasteiger partial charge in [-0.05, 0) is 26.4 Å². The molecule has 0 radical (unpaired) electrons. The summed E-state index contributed by atoms with van der Waals surface area (Å²) in [6.07, 6.45) is -3.02. The molecule has 1 unspecified atom stereocenters. The first-order valence-corrected chi connectivity index (χ1v) is 3.75. The van der Waals surface area contributed by atoms with Gasteiger partial charge in [-0.25, -0.2) is 0 Å². The van der Waals surface area contributed by atoms with Crippen LogP contribution in [0.15, 0.2) is 0 Å². The van der Waals surface area contributed by atoms with E-state index in [0.29, 0.717) is 12.8 Å².